The average molecular weight is 490 g/mol. The Balaban J connectivity index is 1.34. The molecule has 7 nitrogen and oxygen atoms in total. The average Bonchev–Trinajstić information content (AvgIpc) is 3.61. The fourth-order valence-electron chi connectivity index (χ4n) is 6.05. The largest absolute Gasteiger partial charge is 0.331 e. The van der Waals surface area contributed by atoms with Crippen molar-refractivity contribution < 1.29 is 19.2 Å². The van der Waals surface area contributed by atoms with Gasteiger partial charge in [-0.3, -0.25) is 29.0 Å². The van der Waals surface area contributed by atoms with E-state index in [1.165, 1.54) is 4.90 Å². The summed E-state index contributed by atoms with van der Waals surface area (Å²) >= 11 is 1.72. The Morgan fingerprint density at radius 3 is 2.26 bits per heavy atom. The summed E-state index contributed by atoms with van der Waals surface area (Å²) in [6, 6.07) is 13.5. The molecule has 2 aromatic rings. The molecule has 0 bridgehead atoms. The molecular weight excluding hydrogens is 462 g/mol. The quantitative estimate of drug-likeness (QED) is 0.618. The predicted octanol–water partition coefficient (Wildman–Crippen LogP) is 3.33. The van der Waals surface area contributed by atoms with E-state index >= 15 is 0 Å². The third-order valence-corrected chi connectivity index (χ3v) is 8.73. The number of carbonyl (C=O) groups is 4. The van der Waals surface area contributed by atoms with Crippen LogP contribution in [0.5, 0.6) is 0 Å². The molecule has 8 heteroatoms. The van der Waals surface area contributed by atoms with Crippen LogP contribution in [0.3, 0.4) is 0 Å². The Labute approximate surface area is 208 Å². The summed E-state index contributed by atoms with van der Waals surface area (Å²) in [5.74, 6) is 0.214. The first-order valence-electron chi connectivity index (χ1n) is 12.3. The minimum absolute atomic E-state index is 0.0207. The smallest absolute Gasteiger partial charge is 0.261 e. The Morgan fingerprint density at radius 1 is 0.857 bits per heavy atom. The molecule has 0 aromatic heterocycles. The summed E-state index contributed by atoms with van der Waals surface area (Å²) in [4.78, 5) is 59.1. The monoisotopic (exact) mass is 489 g/mol. The zero-order valence-electron chi connectivity index (χ0n) is 19.4. The Hall–Kier alpha value is -3.13. The van der Waals surface area contributed by atoms with Crippen molar-refractivity contribution in [3.8, 4) is 0 Å². The van der Waals surface area contributed by atoms with Gasteiger partial charge in [0, 0.05) is 24.4 Å². The van der Waals surface area contributed by atoms with Gasteiger partial charge in [0.25, 0.3) is 11.8 Å². The van der Waals surface area contributed by atoms with E-state index in [-0.39, 0.29) is 23.6 Å². The maximum atomic E-state index is 14.2. The standard InChI is InChI=1S/C27H27N3O4S/c31-24-18-8-2-3-9-19(18)25(32)30(24)22-12-6-4-10-20(22)26(33)29-21-11-5-1-7-17(21)15-23(29)27(34)28-13-14-35-16-28/h1-3,5,7-9,11,20,22-23H,4,6,10,12-16H2/t20-,22-,23-/m0/s1. The summed E-state index contributed by atoms with van der Waals surface area (Å²) in [5, 5.41) is 0. The second-order valence-electron chi connectivity index (χ2n) is 9.68. The third-order valence-electron chi connectivity index (χ3n) is 7.77. The third kappa shape index (κ3) is 3.57. The molecule has 1 aliphatic carbocycles. The molecule has 4 aliphatic rings. The van der Waals surface area contributed by atoms with Gasteiger partial charge in [-0.15, -0.1) is 11.8 Å². The summed E-state index contributed by atoms with van der Waals surface area (Å²) in [6.07, 6.45) is 3.39. The van der Waals surface area contributed by atoms with E-state index in [9.17, 15) is 19.2 Å². The molecule has 0 N–H and O–H groups in total. The van der Waals surface area contributed by atoms with E-state index in [0.29, 0.717) is 42.8 Å². The summed E-state index contributed by atoms with van der Waals surface area (Å²) in [6.45, 7) is 0.694. The lowest BCUT2D eigenvalue weighted by molar-refractivity contribution is -0.134. The van der Waals surface area contributed by atoms with Crippen LogP contribution in [0, 0.1) is 5.92 Å². The first-order valence-corrected chi connectivity index (χ1v) is 13.5. The highest BCUT2D eigenvalue weighted by Gasteiger charge is 2.49. The molecule has 1 saturated heterocycles. The Morgan fingerprint density at radius 2 is 1.54 bits per heavy atom. The number of thioether (sulfide) groups is 1. The van der Waals surface area contributed by atoms with Crippen molar-refractivity contribution in [3.05, 3.63) is 65.2 Å². The van der Waals surface area contributed by atoms with Crippen molar-refractivity contribution in [3.63, 3.8) is 0 Å². The number of nitrogens with zero attached hydrogens (tertiary/aromatic N) is 3. The number of rotatable bonds is 3. The fourth-order valence-corrected chi connectivity index (χ4v) is 7.01. The zero-order valence-corrected chi connectivity index (χ0v) is 20.2. The molecule has 180 valence electrons. The molecule has 35 heavy (non-hydrogen) atoms. The highest BCUT2D eigenvalue weighted by molar-refractivity contribution is 7.99. The minimum Gasteiger partial charge on any atom is -0.331 e. The number of hydrogen-bond acceptors (Lipinski definition) is 5. The van der Waals surface area contributed by atoms with Crippen LogP contribution in [-0.2, 0) is 16.0 Å². The van der Waals surface area contributed by atoms with Gasteiger partial charge in [-0.25, -0.2) is 0 Å². The molecule has 0 spiro atoms. The van der Waals surface area contributed by atoms with Crippen LogP contribution in [0.25, 0.3) is 0 Å². The van der Waals surface area contributed by atoms with Crippen molar-refractivity contribution >= 4 is 41.1 Å². The normalized spacial score (nSPS) is 25.7. The van der Waals surface area contributed by atoms with Crippen LogP contribution in [0.1, 0.15) is 52.0 Å². The van der Waals surface area contributed by atoms with Crippen LogP contribution >= 0.6 is 11.8 Å². The lowest BCUT2D eigenvalue weighted by Crippen LogP contribution is -2.55. The highest BCUT2D eigenvalue weighted by atomic mass is 32.2. The molecule has 4 amide bonds. The number of para-hydroxylation sites is 1. The first-order chi connectivity index (χ1) is 17.1. The maximum Gasteiger partial charge on any atom is 0.261 e. The molecule has 2 fully saturated rings. The van der Waals surface area contributed by atoms with Crippen molar-refractivity contribution in [2.75, 3.05) is 23.1 Å². The van der Waals surface area contributed by atoms with E-state index in [4.69, 9.17) is 0 Å². The van der Waals surface area contributed by atoms with Gasteiger partial charge in [0.1, 0.15) is 6.04 Å². The zero-order chi connectivity index (χ0) is 24.1. The summed E-state index contributed by atoms with van der Waals surface area (Å²) in [7, 11) is 0. The van der Waals surface area contributed by atoms with Crippen LogP contribution < -0.4 is 4.90 Å². The van der Waals surface area contributed by atoms with Crippen LogP contribution in [0.2, 0.25) is 0 Å². The lowest BCUT2D eigenvalue weighted by atomic mass is 9.82. The van der Waals surface area contributed by atoms with Gasteiger partial charge in [-0.2, -0.15) is 0 Å². The van der Waals surface area contributed by atoms with Crippen molar-refractivity contribution in [1.29, 1.82) is 0 Å². The van der Waals surface area contributed by atoms with Gasteiger partial charge in [0.15, 0.2) is 0 Å². The van der Waals surface area contributed by atoms with Crippen molar-refractivity contribution in [2.24, 2.45) is 5.92 Å². The number of hydrogen-bond donors (Lipinski definition) is 0. The number of carbonyl (C=O) groups excluding carboxylic acids is 4. The topological polar surface area (TPSA) is 78.0 Å². The number of anilines is 1. The van der Waals surface area contributed by atoms with Crippen molar-refractivity contribution in [2.45, 2.75) is 44.2 Å². The molecule has 1 saturated carbocycles. The lowest BCUT2D eigenvalue weighted by Gasteiger charge is -2.39. The van der Waals surface area contributed by atoms with Gasteiger partial charge >= 0.3 is 0 Å². The Kier molecular flexibility index (Phi) is 5.63. The molecule has 3 heterocycles. The van der Waals surface area contributed by atoms with E-state index in [1.807, 2.05) is 29.2 Å². The van der Waals surface area contributed by atoms with Gasteiger partial charge in [-0.1, -0.05) is 43.2 Å². The van der Waals surface area contributed by atoms with Crippen LogP contribution in [0.4, 0.5) is 5.69 Å². The molecule has 0 radical (unpaired) electrons. The number of amides is 4. The SMILES string of the molecule is O=C([C@@H]1Cc2ccccc2N1C(=O)[C@H]1CCCC[C@@H]1N1C(=O)c2ccccc2C1=O)N1CCSC1. The van der Waals surface area contributed by atoms with Gasteiger partial charge in [-0.05, 0) is 36.6 Å². The molecule has 3 aliphatic heterocycles. The minimum atomic E-state index is -0.580. The molecule has 2 aromatic carbocycles. The summed E-state index contributed by atoms with van der Waals surface area (Å²) in [5.41, 5.74) is 2.56. The molecular formula is C27H27N3O4S. The second-order valence-corrected chi connectivity index (χ2v) is 10.8. The van der Waals surface area contributed by atoms with E-state index in [1.54, 1.807) is 40.9 Å². The highest BCUT2D eigenvalue weighted by Crippen LogP contribution is 2.40. The van der Waals surface area contributed by atoms with Crippen molar-refractivity contribution in [1.82, 2.24) is 9.80 Å². The van der Waals surface area contributed by atoms with Crippen LogP contribution in [-0.4, -0.2) is 63.7 Å². The molecule has 3 atom stereocenters. The number of fused-ring (bicyclic) bond motifs is 2. The van der Waals surface area contributed by atoms with E-state index in [2.05, 4.69) is 0 Å². The van der Waals surface area contributed by atoms with Gasteiger partial charge in [0.05, 0.1) is 29.0 Å². The molecule has 6 rings (SSSR count). The fraction of sp³-hybridized carbons (Fsp3) is 0.407. The number of imide groups is 1. The first kappa shape index (κ1) is 22.3. The second kappa shape index (κ2) is 8.82. The van der Waals surface area contributed by atoms with E-state index in [0.717, 1.165) is 29.8 Å². The van der Waals surface area contributed by atoms with E-state index < -0.39 is 18.0 Å². The van der Waals surface area contributed by atoms with Gasteiger partial charge < -0.3 is 4.90 Å². The van der Waals surface area contributed by atoms with Gasteiger partial charge in [0.2, 0.25) is 11.8 Å². The molecule has 0 unspecified atom stereocenters. The number of benzene rings is 2. The maximum absolute atomic E-state index is 14.2. The van der Waals surface area contributed by atoms with Crippen LogP contribution in [0.15, 0.2) is 48.5 Å². The predicted molar refractivity (Wildman–Crippen MR) is 133 cm³/mol. The Bertz CT molecular complexity index is 1190. The summed E-state index contributed by atoms with van der Waals surface area (Å²) < 4.78 is 0.